The van der Waals surface area contributed by atoms with E-state index in [0.717, 1.165) is 17.0 Å². The first-order valence-electron chi connectivity index (χ1n) is 16.0. The Morgan fingerprint density at radius 3 is 2.16 bits per heavy atom. The molecule has 0 spiro atoms. The van der Waals surface area contributed by atoms with Crippen molar-refractivity contribution in [1.29, 1.82) is 0 Å². The summed E-state index contributed by atoms with van der Waals surface area (Å²) in [5, 5.41) is 11.0. The summed E-state index contributed by atoms with van der Waals surface area (Å²) in [4.78, 5) is 78.4. The minimum atomic E-state index is -1.95. The van der Waals surface area contributed by atoms with Gasteiger partial charge in [0, 0.05) is 12.1 Å². The molecule has 3 aliphatic heterocycles. The average Bonchev–Trinajstić information content (AvgIpc) is 3.63. The number of likely N-dealkylation sites (tertiary alicyclic amines) is 1. The lowest BCUT2D eigenvalue weighted by molar-refractivity contribution is -0.384. The Bertz CT molecular complexity index is 1770. The number of halogens is 1. The topological polar surface area (TPSA) is 187 Å². The third-order valence-electron chi connectivity index (χ3n) is 8.68. The molecule has 2 fully saturated rings. The van der Waals surface area contributed by atoms with E-state index in [4.69, 9.17) is 28.4 Å². The van der Waals surface area contributed by atoms with E-state index in [9.17, 15) is 34.1 Å². The van der Waals surface area contributed by atoms with Crippen molar-refractivity contribution in [1.82, 2.24) is 4.90 Å². The Kier molecular flexibility index (Phi) is 10.1. The molecule has 2 amide bonds. The van der Waals surface area contributed by atoms with Gasteiger partial charge in [0.15, 0.2) is 5.60 Å². The van der Waals surface area contributed by atoms with E-state index in [1.165, 1.54) is 25.1 Å². The van der Waals surface area contributed by atoms with Crippen LogP contribution in [0.2, 0.25) is 0 Å². The normalized spacial score (nSPS) is 24.4. The maximum atomic E-state index is 14.3. The summed E-state index contributed by atoms with van der Waals surface area (Å²) < 4.78 is 33.9. The molecule has 5 unspecified atom stereocenters. The number of nitro groups is 1. The van der Waals surface area contributed by atoms with Crippen LogP contribution in [0.25, 0.3) is 0 Å². The number of amides is 2. The number of fused-ring (bicyclic) bond motifs is 5. The van der Waals surface area contributed by atoms with Gasteiger partial charge in [0.2, 0.25) is 11.8 Å². The molecule has 2 bridgehead atoms. The van der Waals surface area contributed by atoms with E-state index in [1.807, 2.05) is 0 Å². The molecule has 0 N–H and O–H groups in total. The van der Waals surface area contributed by atoms with Gasteiger partial charge in [-0.25, -0.2) is 4.79 Å². The molecule has 2 aromatic carbocycles. The SMILES string of the molecule is CC(OC(=O)Oc1ccc([N+](=O)[O-])cc1)C12OC(COC(=O)C(C)(C)C)(C=C1Oc1ccccc1)C1C(=O)N(CCOC(=O)C(C)(C)Br)C(=O)C12. The Morgan fingerprint density at radius 2 is 1.57 bits per heavy atom. The molecule has 51 heavy (non-hydrogen) atoms. The van der Waals surface area contributed by atoms with E-state index >= 15 is 0 Å². The summed E-state index contributed by atoms with van der Waals surface area (Å²) in [6.07, 6.45) is -1.15. The highest BCUT2D eigenvalue weighted by atomic mass is 79.9. The molecule has 0 aliphatic carbocycles. The second kappa shape index (κ2) is 13.7. The van der Waals surface area contributed by atoms with Crippen molar-refractivity contribution in [3.63, 3.8) is 0 Å². The number of hydrogen-bond acceptors (Lipinski definition) is 13. The van der Waals surface area contributed by atoms with Crippen LogP contribution in [0, 0.1) is 27.4 Å². The number of benzene rings is 2. The Hall–Kier alpha value is -4.83. The molecule has 3 aliphatic rings. The van der Waals surface area contributed by atoms with Gasteiger partial charge in [-0.3, -0.25) is 34.2 Å². The first-order valence-corrected chi connectivity index (χ1v) is 16.8. The van der Waals surface area contributed by atoms with E-state index in [0.29, 0.717) is 5.75 Å². The summed E-state index contributed by atoms with van der Waals surface area (Å²) in [7, 11) is 0. The Morgan fingerprint density at radius 1 is 0.941 bits per heavy atom. The van der Waals surface area contributed by atoms with Gasteiger partial charge in [0.05, 0.1) is 28.7 Å². The van der Waals surface area contributed by atoms with Crippen LogP contribution in [-0.2, 0) is 38.1 Å². The zero-order valence-corrected chi connectivity index (χ0v) is 30.3. The predicted octanol–water partition coefficient (Wildman–Crippen LogP) is 4.89. The first kappa shape index (κ1) is 37.4. The highest BCUT2D eigenvalue weighted by Crippen LogP contribution is 2.62. The fourth-order valence-electron chi connectivity index (χ4n) is 6.18. The monoisotopic (exact) mass is 772 g/mol. The van der Waals surface area contributed by atoms with Crippen LogP contribution in [0.3, 0.4) is 0 Å². The van der Waals surface area contributed by atoms with Crippen LogP contribution < -0.4 is 9.47 Å². The zero-order chi connectivity index (χ0) is 37.5. The lowest BCUT2D eigenvalue weighted by atomic mass is 9.69. The summed E-state index contributed by atoms with van der Waals surface area (Å²) in [5.41, 5.74) is -4.84. The zero-order valence-electron chi connectivity index (χ0n) is 28.7. The van der Waals surface area contributed by atoms with Crippen molar-refractivity contribution >= 4 is 51.5 Å². The Labute approximate surface area is 301 Å². The van der Waals surface area contributed by atoms with E-state index in [1.54, 1.807) is 65.0 Å². The number of nitrogens with zero attached hydrogens (tertiary/aromatic N) is 2. The van der Waals surface area contributed by atoms with Crippen molar-refractivity contribution in [3.8, 4) is 11.5 Å². The largest absolute Gasteiger partial charge is 0.514 e. The number of imide groups is 1. The molecule has 16 heteroatoms. The second-order valence-corrected chi connectivity index (χ2v) is 15.8. The number of para-hydroxylation sites is 1. The third-order valence-corrected chi connectivity index (χ3v) is 9.00. The van der Waals surface area contributed by atoms with Crippen LogP contribution in [0.5, 0.6) is 11.5 Å². The average molecular weight is 774 g/mol. The minimum absolute atomic E-state index is 0.0212. The number of nitro benzene ring substituents is 1. The molecule has 272 valence electrons. The van der Waals surface area contributed by atoms with E-state index in [2.05, 4.69) is 15.9 Å². The fraction of sp³-hybridized carbons (Fsp3) is 0.457. The van der Waals surface area contributed by atoms with Gasteiger partial charge in [-0.1, -0.05) is 34.1 Å². The summed E-state index contributed by atoms with van der Waals surface area (Å²) >= 11 is 3.22. The van der Waals surface area contributed by atoms with Crippen LogP contribution in [0.4, 0.5) is 10.5 Å². The second-order valence-electron chi connectivity index (χ2n) is 13.9. The molecular formula is C35H37BrN2O13. The molecule has 15 nitrogen and oxygen atoms in total. The molecule has 0 saturated carbocycles. The Balaban J connectivity index is 1.52. The van der Waals surface area contributed by atoms with Crippen LogP contribution in [0.15, 0.2) is 66.4 Å². The number of carbonyl (C=O) groups is 5. The van der Waals surface area contributed by atoms with Gasteiger partial charge in [0.25, 0.3) is 5.69 Å². The van der Waals surface area contributed by atoms with Gasteiger partial charge < -0.3 is 28.4 Å². The fourth-order valence-corrected chi connectivity index (χ4v) is 6.29. The number of rotatable bonds is 12. The molecule has 5 atom stereocenters. The summed E-state index contributed by atoms with van der Waals surface area (Å²) in [5.74, 6) is -4.94. The van der Waals surface area contributed by atoms with Crippen molar-refractivity contribution in [2.45, 2.75) is 63.2 Å². The smallest absolute Gasteiger partial charge is 0.463 e. The minimum Gasteiger partial charge on any atom is -0.463 e. The predicted molar refractivity (Wildman–Crippen MR) is 179 cm³/mol. The van der Waals surface area contributed by atoms with Crippen molar-refractivity contribution in [2.75, 3.05) is 19.8 Å². The molecular weight excluding hydrogens is 736 g/mol. The number of carbonyl (C=O) groups excluding carboxylic acids is 5. The molecule has 2 saturated heterocycles. The lowest BCUT2D eigenvalue weighted by Gasteiger charge is -2.37. The molecule has 0 radical (unpaired) electrons. The van der Waals surface area contributed by atoms with Crippen LogP contribution in [-0.4, -0.2) is 81.1 Å². The molecule has 3 heterocycles. The number of non-ortho nitro benzene ring substituents is 1. The number of esters is 2. The number of hydrogen-bond donors (Lipinski definition) is 0. The quantitative estimate of drug-likeness (QED) is 0.0540. The maximum absolute atomic E-state index is 14.3. The summed E-state index contributed by atoms with van der Waals surface area (Å²) in [6.45, 7) is 8.46. The van der Waals surface area contributed by atoms with Crippen LogP contribution in [0.1, 0.15) is 41.5 Å². The van der Waals surface area contributed by atoms with Gasteiger partial charge in [0.1, 0.15) is 46.5 Å². The van der Waals surface area contributed by atoms with Crippen molar-refractivity contribution < 1.29 is 57.3 Å². The van der Waals surface area contributed by atoms with E-state index in [-0.39, 0.29) is 30.3 Å². The standard InChI is InChI=1S/C35H37BrN2O13/c1-20(48-31(43)50-23-14-12-21(13-15-23)38(44)45)35-24(49-22-10-8-7-9-11-22)18-34(51-35,19-47-29(41)32(2,3)4)25-26(35)28(40)37(27(25)39)16-17-46-30(42)33(5,6)36/h7-15,18,20,25-26H,16-17,19H2,1-6H3. The highest BCUT2D eigenvalue weighted by Gasteiger charge is 2.79. The highest BCUT2D eigenvalue weighted by molar-refractivity contribution is 9.10. The molecule has 2 aromatic rings. The first-order chi connectivity index (χ1) is 23.8. The van der Waals surface area contributed by atoms with Gasteiger partial charge >= 0.3 is 18.1 Å². The van der Waals surface area contributed by atoms with Crippen molar-refractivity contribution in [2.24, 2.45) is 17.3 Å². The number of alkyl halides is 1. The van der Waals surface area contributed by atoms with E-state index < -0.39 is 80.3 Å². The van der Waals surface area contributed by atoms with Gasteiger partial charge in [-0.2, -0.15) is 0 Å². The van der Waals surface area contributed by atoms with Crippen molar-refractivity contribution in [3.05, 3.63) is 76.5 Å². The lowest BCUT2D eigenvalue weighted by Crippen LogP contribution is -2.53. The third kappa shape index (κ3) is 7.19. The van der Waals surface area contributed by atoms with Crippen LogP contribution >= 0.6 is 15.9 Å². The molecule has 5 rings (SSSR count). The maximum Gasteiger partial charge on any atom is 0.514 e. The van der Waals surface area contributed by atoms with Gasteiger partial charge in [-0.05, 0) is 71.9 Å². The number of ether oxygens (including phenoxy) is 6. The van der Waals surface area contributed by atoms with Gasteiger partial charge in [-0.15, -0.1) is 0 Å². The molecule has 0 aromatic heterocycles. The summed E-state index contributed by atoms with van der Waals surface area (Å²) in [6, 6.07) is 13.2.